The van der Waals surface area contributed by atoms with E-state index in [9.17, 15) is 0 Å². The molecule has 0 saturated heterocycles. The Kier molecular flexibility index (Phi) is 4.75. The lowest BCUT2D eigenvalue weighted by atomic mass is 10.1. The Labute approximate surface area is 157 Å². The molecule has 0 bridgehead atoms. The Morgan fingerprint density at radius 1 is 0.885 bits per heavy atom. The molecular formula is C22H19N3S. The highest BCUT2D eigenvalue weighted by Gasteiger charge is 2.12. The largest absolute Gasteiger partial charge is 0.366 e. The van der Waals surface area contributed by atoms with Gasteiger partial charge in [-0.15, -0.1) is 11.3 Å². The summed E-state index contributed by atoms with van der Waals surface area (Å²) >= 11 is 1.66. The first-order valence-electron chi connectivity index (χ1n) is 8.54. The average Bonchev–Trinajstić information content (AvgIpc) is 3.17. The first kappa shape index (κ1) is 16.5. The molecule has 2 heterocycles. The lowest BCUT2D eigenvalue weighted by Crippen LogP contribution is -2.01. The second-order valence-corrected chi connectivity index (χ2v) is 7.02. The van der Waals surface area contributed by atoms with Crippen molar-refractivity contribution in [3.05, 3.63) is 89.6 Å². The zero-order valence-electron chi connectivity index (χ0n) is 14.5. The molecule has 2 aromatic carbocycles. The number of aromatic nitrogens is 2. The van der Waals surface area contributed by atoms with E-state index in [-0.39, 0.29) is 0 Å². The van der Waals surface area contributed by atoms with Crippen LogP contribution in [-0.2, 0) is 6.54 Å². The van der Waals surface area contributed by atoms with Gasteiger partial charge in [0.1, 0.15) is 5.82 Å². The van der Waals surface area contributed by atoms with Crippen LogP contribution in [0.1, 0.15) is 11.1 Å². The minimum atomic E-state index is 0.755. The molecule has 0 spiro atoms. The van der Waals surface area contributed by atoms with Crippen LogP contribution in [0, 0.1) is 6.92 Å². The Balaban J connectivity index is 1.60. The maximum Gasteiger partial charge on any atom is 0.126 e. The number of benzene rings is 2. The van der Waals surface area contributed by atoms with E-state index in [4.69, 9.17) is 0 Å². The van der Waals surface area contributed by atoms with Gasteiger partial charge in [-0.3, -0.25) is 0 Å². The number of hydrogen-bond donors (Lipinski definition) is 1. The summed E-state index contributed by atoms with van der Waals surface area (Å²) < 4.78 is 0. The number of rotatable bonds is 5. The van der Waals surface area contributed by atoms with E-state index in [1.807, 2.05) is 36.0 Å². The monoisotopic (exact) mass is 357 g/mol. The third-order valence-corrected chi connectivity index (χ3v) is 5.07. The van der Waals surface area contributed by atoms with Crippen LogP contribution in [0.4, 0.5) is 5.82 Å². The Bertz CT molecular complexity index is 1010. The summed E-state index contributed by atoms with van der Waals surface area (Å²) in [6.45, 7) is 2.86. The van der Waals surface area contributed by atoms with Gasteiger partial charge in [-0.25, -0.2) is 9.97 Å². The maximum atomic E-state index is 4.60. The average molecular weight is 357 g/mol. The number of hydrogen-bond acceptors (Lipinski definition) is 4. The van der Waals surface area contributed by atoms with Crippen molar-refractivity contribution in [2.45, 2.75) is 13.5 Å². The SMILES string of the molecule is Cc1cccc(-c2ncsc2-c2ccnc(NCc3ccccc3)c2)c1. The van der Waals surface area contributed by atoms with Gasteiger partial charge >= 0.3 is 0 Å². The summed E-state index contributed by atoms with van der Waals surface area (Å²) in [4.78, 5) is 10.2. The molecule has 3 nitrogen and oxygen atoms in total. The second-order valence-electron chi connectivity index (χ2n) is 6.17. The number of nitrogens with one attached hydrogen (secondary N) is 1. The first-order valence-corrected chi connectivity index (χ1v) is 9.42. The van der Waals surface area contributed by atoms with E-state index < -0.39 is 0 Å². The van der Waals surface area contributed by atoms with Gasteiger partial charge in [0.05, 0.1) is 16.1 Å². The molecule has 0 unspecified atom stereocenters. The highest BCUT2D eigenvalue weighted by atomic mass is 32.1. The summed E-state index contributed by atoms with van der Waals surface area (Å²) in [6, 6.07) is 22.9. The fourth-order valence-corrected chi connectivity index (χ4v) is 3.71. The molecule has 1 N–H and O–H groups in total. The number of aryl methyl sites for hydroxylation is 1. The van der Waals surface area contributed by atoms with Gasteiger partial charge < -0.3 is 5.32 Å². The van der Waals surface area contributed by atoms with E-state index in [0.29, 0.717) is 0 Å². The van der Waals surface area contributed by atoms with E-state index in [0.717, 1.165) is 29.2 Å². The zero-order chi connectivity index (χ0) is 17.8. The Hall–Kier alpha value is -2.98. The standard InChI is InChI=1S/C22H19N3S/c1-16-6-5-9-18(12-16)21-22(26-15-25-21)19-10-11-23-20(13-19)24-14-17-7-3-2-4-8-17/h2-13,15H,14H2,1H3,(H,23,24). The van der Waals surface area contributed by atoms with Crippen LogP contribution in [0.5, 0.6) is 0 Å². The summed E-state index contributed by atoms with van der Waals surface area (Å²) in [5.41, 5.74) is 7.69. The van der Waals surface area contributed by atoms with Crippen LogP contribution in [0.3, 0.4) is 0 Å². The Morgan fingerprint density at radius 3 is 2.62 bits per heavy atom. The van der Waals surface area contributed by atoms with Crippen molar-refractivity contribution in [3.63, 3.8) is 0 Å². The van der Waals surface area contributed by atoms with Gasteiger partial charge in [0, 0.05) is 18.3 Å². The number of thiazole rings is 1. The molecule has 0 radical (unpaired) electrons. The summed E-state index contributed by atoms with van der Waals surface area (Å²) in [5.74, 6) is 0.870. The Morgan fingerprint density at radius 2 is 1.77 bits per heavy atom. The van der Waals surface area contributed by atoms with Crippen LogP contribution >= 0.6 is 11.3 Å². The molecule has 26 heavy (non-hydrogen) atoms. The predicted octanol–water partition coefficient (Wildman–Crippen LogP) is 5.79. The van der Waals surface area contributed by atoms with Crippen LogP contribution in [0.2, 0.25) is 0 Å². The van der Waals surface area contributed by atoms with Crippen molar-refractivity contribution in [1.29, 1.82) is 0 Å². The summed E-state index contributed by atoms with van der Waals surface area (Å²) in [5, 5.41) is 3.40. The van der Waals surface area contributed by atoms with Gasteiger partial charge in [0.25, 0.3) is 0 Å². The topological polar surface area (TPSA) is 37.8 Å². The molecule has 0 fully saturated rings. The van der Waals surface area contributed by atoms with Crippen molar-refractivity contribution < 1.29 is 0 Å². The number of nitrogens with zero attached hydrogens (tertiary/aromatic N) is 2. The van der Waals surface area contributed by atoms with Crippen molar-refractivity contribution in [1.82, 2.24) is 9.97 Å². The van der Waals surface area contributed by atoms with Gasteiger partial charge in [-0.2, -0.15) is 0 Å². The minimum absolute atomic E-state index is 0.755. The quantitative estimate of drug-likeness (QED) is 0.491. The highest BCUT2D eigenvalue weighted by Crippen LogP contribution is 2.35. The molecule has 0 aliphatic carbocycles. The van der Waals surface area contributed by atoms with E-state index >= 15 is 0 Å². The second kappa shape index (κ2) is 7.50. The third-order valence-electron chi connectivity index (χ3n) is 4.20. The third kappa shape index (κ3) is 3.65. The predicted molar refractivity (Wildman–Crippen MR) is 109 cm³/mol. The summed E-state index contributed by atoms with van der Waals surface area (Å²) in [6.07, 6.45) is 1.85. The van der Waals surface area contributed by atoms with E-state index in [1.54, 1.807) is 11.3 Å². The number of anilines is 1. The smallest absolute Gasteiger partial charge is 0.126 e. The molecule has 0 amide bonds. The molecule has 0 saturated carbocycles. The van der Waals surface area contributed by atoms with Crippen LogP contribution in [0.15, 0.2) is 78.4 Å². The normalized spacial score (nSPS) is 10.7. The minimum Gasteiger partial charge on any atom is -0.366 e. The van der Waals surface area contributed by atoms with Gasteiger partial charge in [0.2, 0.25) is 0 Å². The van der Waals surface area contributed by atoms with Crippen molar-refractivity contribution >= 4 is 17.2 Å². The highest BCUT2D eigenvalue weighted by molar-refractivity contribution is 7.13. The molecule has 2 aromatic heterocycles. The van der Waals surface area contributed by atoms with Crippen molar-refractivity contribution in [2.75, 3.05) is 5.32 Å². The van der Waals surface area contributed by atoms with Gasteiger partial charge in [-0.05, 0) is 36.2 Å². The van der Waals surface area contributed by atoms with Crippen LogP contribution in [0.25, 0.3) is 21.7 Å². The van der Waals surface area contributed by atoms with Gasteiger partial charge in [-0.1, -0.05) is 54.1 Å². The fourth-order valence-electron chi connectivity index (χ4n) is 2.91. The number of pyridine rings is 1. The van der Waals surface area contributed by atoms with Crippen molar-refractivity contribution in [3.8, 4) is 21.7 Å². The van der Waals surface area contributed by atoms with Crippen molar-refractivity contribution in [2.24, 2.45) is 0 Å². The maximum absolute atomic E-state index is 4.60. The van der Waals surface area contributed by atoms with E-state index in [1.165, 1.54) is 16.0 Å². The lowest BCUT2D eigenvalue weighted by Gasteiger charge is -2.08. The molecule has 0 aliphatic heterocycles. The summed E-state index contributed by atoms with van der Waals surface area (Å²) in [7, 11) is 0. The molecule has 128 valence electrons. The lowest BCUT2D eigenvalue weighted by molar-refractivity contribution is 1.11. The molecular weight excluding hydrogens is 338 g/mol. The van der Waals surface area contributed by atoms with Gasteiger partial charge in [0.15, 0.2) is 0 Å². The van der Waals surface area contributed by atoms with Crippen LogP contribution < -0.4 is 5.32 Å². The molecule has 4 heteroatoms. The molecule has 4 rings (SSSR count). The van der Waals surface area contributed by atoms with Crippen LogP contribution in [-0.4, -0.2) is 9.97 Å². The first-order chi connectivity index (χ1) is 12.8. The molecule has 4 aromatic rings. The molecule has 0 atom stereocenters. The van der Waals surface area contributed by atoms with E-state index in [2.05, 4.69) is 64.7 Å². The zero-order valence-corrected chi connectivity index (χ0v) is 15.3. The molecule has 0 aliphatic rings. The fraction of sp³-hybridized carbons (Fsp3) is 0.0909.